The van der Waals surface area contributed by atoms with E-state index in [0.29, 0.717) is 12.1 Å². The zero-order valence-electron chi connectivity index (χ0n) is 13.2. The minimum absolute atomic E-state index is 0.148. The molecule has 5 nitrogen and oxygen atoms in total. The second-order valence-corrected chi connectivity index (χ2v) is 6.46. The van der Waals surface area contributed by atoms with Crippen molar-refractivity contribution in [2.75, 3.05) is 13.2 Å². The van der Waals surface area contributed by atoms with Crippen LogP contribution in [0.3, 0.4) is 0 Å². The van der Waals surface area contributed by atoms with E-state index in [4.69, 9.17) is 10.5 Å². The highest BCUT2D eigenvalue weighted by Crippen LogP contribution is 2.35. The maximum absolute atomic E-state index is 6.49. The van der Waals surface area contributed by atoms with Gasteiger partial charge in [-0.05, 0) is 19.3 Å². The van der Waals surface area contributed by atoms with E-state index in [1.165, 1.54) is 31.2 Å². The van der Waals surface area contributed by atoms with Gasteiger partial charge >= 0.3 is 0 Å². The summed E-state index contributed by atoms with van der Waals surface area (Å²) in [5.41, 5.74) is 7.74. The fourth-order valence-electron chi connectivity index (χ4n) is 3.97. The van der Waals surface area contributed by atoms with Crippen LogP contribution < -0.4 is 5.73 Å². The maximum atomic E-state index is 6.49. The average Bonchev–Trinajstić information content (AvgIpc) is 2.93. The molecule has 1 aromatic rings. The summed E-state index contributed by atoms with van der Waals surface area (Å²) in [6.07, 6.45) is 10.5. The highest BCUT2D eigenvalue weighted by atomic mass is 16.5. The Balaban J connectivity index is 1.87. The first-order valence-corrected chi connectivity index (χ1v) is 8.32. The predicted molar refractivity (Wildman–Crippen MR) is 82.9 cm³/mol. The molecule has 2 heterocycles. The molecule has 4 unspecified atom stereocenters. The Morgan fingerprint density at radius 3 is 2.95 bits per heavy atom. The van der Waals surface area contributed by atoms with Crippen LogP contribution in [0.2, 0.25) is 0 Å². The summed E-state index contributed by atoms with van der Waals surface area (Å²) in [6, 6.07) is 0.934. The zero-order valence-corrected chi connectivity index (χ0v) is 13.2. The van der Waals surface area contributed by atoms with Crippen molar-refractivity contribution in [1.82, 2.24) is 14.7 Å². The van der Waals surface area contributed by atoms with Gasteiger partial charge in [-0.25, -0.2) is 0 Å². The van der Waals surface area contributed by atoms with Gasteiger partial charge in [0.05, 0.1) is 24.9 Å². The Morgan fingerprint density at radius 2 is 2.24 bits per heavy atom. The second-order valence-electron chi connectivity index (χ2n) is 6.46. The lowest BCUT2D eigenvalue weighted by molar-refractivity contribution is -0.106. The number of nitrogens with zero attached hydrogens (tertiary/aromatic N) is 3. The lowest BCUT2D eigenvalue weighted by Crippen LogP contribution is -2.56. The lowest BCUT2D eigenvalue weighted by atomic mass is 9.87. The Bertz CT molecular complexity index is 459. The summed E-state index contributed by atoms with van der Waals surface area (Å²) < 4.78 is 7.89. The van der Waals surface area contributed by atoms with Crippen LogP contribution in [0.5, 0.6) is 0 Å². The average molecular weight is 292 g/mol. The van der Waals surface area contributed by atoms with Crippen molar-refractivity contribution < 1.29 is 4.74 Å². The number of fused-ring (bicyclic) bond motifs is 1. The van der Waals surface area contributed by atoms with Gasteiger partial charge in [-0.3, -0.25) is 9.58 Å². The first-order chi connectivity index (χ1) is 10.2. The lowest BCUT2D eigenvalue weighted by Gasteiger charge is -2.48. The number of aryl methyl sites for hydroxylation is 1. The molecule has 1 saturated carbocycles. The third-order valence-electron chi connectivity index (χ3n) is 5.08. The van der Waals surface area contributed by atoms with Gasteiger partial charge in [-0.15, -0.1) is 0 Å². The molecule has 3 rings (SSSR count). The van der Waals surface area contributed by atoms with Gasteiger partial charge in [0.2, 0.25) is 0 Å². The third kappa shape index (κ3) is 3.00. The fourth-order valence-corrected chi connectivity index (χ4v) is 3.97. The molecular weight excluding hydrogens is 264 g/mol. The molecule has 2 aliphatic rings. The molecule has 2 fully saturated rings. The van der Waals surface area contributed by atoms with Crippen molar-refractivity contribution in [2.24, 2.45) is 12.8 Å². The van der Waals surface area contributed by atoms with Crippen molar-refractivity contribution in [3.8, 4) is 0 Å². The van der Waals surface area contributed by atoms with E-state index < -0.39 is 0 Å². The molecule has 118 valence electrons. The Labute approximate surface area is 127 Å². The third-order valence-corrected chi connectivity index (χ3v) is 5.08. The van der Waals surface area contributed by atoms with E-state index in [1.807, 2.05) is 17.9 Å². The molecule has 0 bridgehead atoms. The van der Waals surface area contributed by atoms with Gasteiger partial charge < -0.3 is 10.5 Å². The fraction of sp³-hybridized carbons (Fsp3) is 0.812. The number of aromatic nitrogens is 2. The van der Waals surface area contributed by atoms with Gasteiger partial charge in [0.1, 0.15) is 0 Å². The largest absolute Gasteiger partial charge is 0.375 e. The van der Waals surface area contributed by atoms with Crippen LogP contribution >= 0.6 is 0 Å². The number of hydrogen-bond donors (Lipinski definition) is 1. The van der Waals surface area contributed by atoms with Crippen LogP contribution in [0.4, 0.5) is 0 Å². The smallest absolute Gasteiger partial charge is 0.0731 e. The quantitative estimate of drug-likeness (QED) is 0.920. The molecular formula is C16H28N4O. The molecule has 0 aromatic carbocycles. The monoisotopic (exact) mass is 292 g/mol. The Hall–Kier alpha value is -0.910. The maximum Gasteiger partial charge on any atom is 0.0731 e. The van der Waals surface area contributed by atoms with Crippen LogP contribution in [0, 0.1) is 0 Å². The summed E-state index contributed by atoms with van der Waals surface area (Å²) in [7, 11) is 1.97. The highest BCUT2D eigenvalue weighted by molar-refractivity contribution is 5.15. The van der Waals surface area contributed by atoms with E-state index in [1.54, 1.807) is 0 Å². The van der Waals surface area contributed by atoms with Gasteiger partial charge in [-0.2, -0.15) is 5.10 Å². The SMILES string of the molecule is CCC(N)C(c1cnn(C)c1)N1CCOC2CCCCC21. The van der Waals surface area contributed by atoms with Gasteiger partial charge in [0.15, 0.2) is 0 Å². The van der Waals surface area contributed by atoms with Gasteiger partial charge in [0, 0.05) is 37.4 Å². The Morgan fingerprint density at radius 1 is 1.43 bits per heavy atom. The van der Waals surface area contributed by atoms with Crippen LogP contribution in [0.25, 0.3) is 0 Å². The topological polar surface area (TPSA) is 56.3 Å². The predicted octanol–water partition coefficient (Wildman–Crippen LogP) is 1.84. The molecule has 1 aromatic heterocycles. The molecule has 0 amide bonds. The van der Waals surface area contributed by atoms with Gasteiger partial charge in [0.25, 0.3) is 0 Å². The van der Waals surface area contributed by atoms with Crippen molar-refractivity contribution >= 4 is 0 Å². The first kappa shape index (κ1) is 15.0. The zero-order chi connectivity index (χ0) is 14.8. The van der Waals surface area contributed by atoms with Crippen LogP contribution in [0.1, 0.15) is 50.6 Å². The minimum atomic E-state index is 0.148. The van der Waals surface area contributed by atoms with E-state index in [-0.39, 0.29) is 12.1 Å². The molecule has 0 spiro atoms. The molecule has 1 aliphatic heterocycles. The summed E-state index contributed by atoms with van der Waals surface area (Å²) >= 11 is 0. The molecule has 0 radical (unpaired) electrons. The number of ether oxygens (including phenoxy) is 1. The normalized spacial score (nSPS) is 29.9. The molecule has 1 aliphatic carbocycles. The highest BCUT2D eigenvalue weighted by Gasteiger charge is 2.39. The number of nitrogens with two attached hydrogens (primary N) is 1. The molecule has 1 saturated heterocycles. The van der Waals surface area contributed by atoms with Crippen LogP contribution in [-0.2, 0) is 11.8 Å². The summed E-state index contributed by atoms with van der Waals surface area (Å²) in [6.45, 7) is 3.98. The first-order valence-electron chi connectivity index (χ1n) is 8.32. The van der Waals surface area contributed by atoms with Crippen LogP contribution in [0.15, 0.2) is 12.4 Å². The standard InChI is InChI=1S/C16H28N4O/c1-3-13(17)16(12-10-18-19(2)11-12)20-8-9-21-15-7-5-4-6-14(15)20/h10-11,13-16H,3-9,17H2,1-2H3. The van der Waals surface area contributed by atoms with Crippen molar-refractivity contribution in [2.45, 2.75) is 63.3 Å². The van der Waals surface area contributed by atoms with E-state index in [0.717, 1.165) is 19.6 Å². The van der Waals surface area contributed by atoms with Crippen molar-refractivity contribution in [1.29, 1.82) is 0 Å². The van der Waals surface area contributed by atoms with Gasteiger partial charge in [-0.1, -0.05) is 19.8 Å². The van der Waals surface area contributed by atoms with E-state index >= 15 is 0 Å². The number of morpholine rings is 1. The molecule has 5 heteroatoms. The van der Waals surface area contributed by atoms with Crippen LogP contribution in [-0.4, -0.2) is 46.0 Å². The van der Waals surface area contributed by atoms with Crippen molar-refractivity contribution in [3.05, 3.63) is 18.0 Å². The summed E-state index contributed by atoms with van der Waals surface area (Å²) in [4.78, 5) is 2.61. The second kappa shape index (κ2) is 6.46. The summed E-state index contributed by atoms with van der Waals surface area (Å²) in [5, 5.41) is 4.36. The number of rotatable bonds is 4. The molecule has 21 heavy (non-hydrogen) atoms. The molecule has 4 atom stereocenters. The minimum Gasteiger partial charge on any atom is -0.375 e. The molecule has 2 N–H and O–H groups in total. The van der Waals surface area contributed by atoms with E-state index in [2.05, 4.69) is 23.1 Å². The number of hydrogen-bond acceptors (Lipinski definition) is 4. The summed E-state index contributed by atoms with van der Waals surface area (Å²) in [5.74, 6) is 0. The van der Waals surface area contributed by atoms with Crippen molar-refractivity contribution in [3.63, 3.8) is 0 Å². The Kier molecular flexibility index (Phi) is 4.62. The van der Waals surface area contributed by atoms with E-state index in [9.17, 15) is 0 Å².